The first-order valence-electron chi connectivity index (χ1n) is 6.54. The quantitative estimate of drug-likeness (QED) is 0.817. The van der Waals surface area contributed by atoms with Crippen LogP contribution >= 0.6 is 39.9 Å². The van der Waals surface area contributed by atoms with Crippen molar-refractivity contribution >= 4 is 55.8 Å². The van der Waals surface area contributed by atoms with E-state index in [0.29, 0.717) is 5.75 Å². The van der Waals surface area contributed by atoms with Crippen molar-refractivity contribution in [2.75, 3.05) is 24.2 Å². The van der Waals surface area contributed by atoms with Gasteiger partial charge in [0, 0.05) is 23.2 Å². The summed E-state index contributed by atoms with van der Waals surface area (Å²) in [4.78, 5) is 14.1. The lowest BCUT2D eigenvalue weighted by molar-refractivity contribution is -0.113. The maximum atomic E-state index is 11.9. The van der Waals surface area contributed by atoms with E-state index in [0.717, 1.165) is 33.1 Å². The maximum Gasteiger partial charge on any atom is 0.234 e. The number of thiocarbonyl (C=S) groups is 1. The lowest BCUT2D eigenvalue weighted by Gasteiger charge is -2.17. The smallest absolute Gasteiger partial charge is 0.234 e. The van der Waals surface area contributed by atoms with Crippen molar-refractivity contribution in [1.29, 1.82) is 0 Å². The average molecular weight is 373 g/mol. The Morgan fingerprint density at radius 3 is 2.80 bits per heavy atom. The van der Waals surface area contributed by atoms with Gasteiger partial charge in [0.2, 0.25) is 5.91 Å². The number of halogens is 1. The van der Waals surface area contributed by atoms with Gasteiger partial charge in [0.05, 0.1) is 5.75 Å². The maximum absolute atomic E-state index is 11.9. The Balaban J connectivity index is 1.81. The molecule has 0 aliphatic carbocycles. The Morgan fingerprint density at radius 1 is 1.45 bits per heavy atom. The summed E-state index contributed by atoms with van der Waals surface area (Å²) < 4.78 is 1.85. The van der Waals surface area contributed by atoms with Crippen molar-refractivity contribution < 1.29 is 4.79 Å². The van der Waals surface area contributed by atoms with Gasteiger partial charge in [-0.25, -0.2) is 0 Å². The molecule has 1 amide bonds. The zero-order valence-electron chi connectivity index (χ0n) is 11.3. The van der Waals surface area contributed by atoms with Crippen LogP contribution in [-0.2, 0) is 4.79 Å². The number of rotatable bonds is 3. The lowest BCUT2D eigenvalue weighted by atomic mass is 10.2. The number of thioether (sulfide) groups is 1. The van der Waals surface area contributed by atoms with Gasteiger partial charge >= 0.3 is 0 Å². The van der Waals surface area contributed by atoms with Gasteiger partial charge in [-0.2, -0.15) is 0 Å². The minimum absolute atomic E-state index is 0.0121. The second-order valence-electron chi connectivity index (χ2n) is 4.76. The first kappa shape index (κ1) is 15.8. The molecule has 3 nitrogen and oxygen atoms in total. The highest BCUT2D eigenvalue weighted by Crippen LogP contribution is 2.21. The summed E-state index contributed by atoms with van der Waals surface area (Å²) in [5.41, 5.74) is 1.89. The normalized spacial score (nSPS) is 14.4. The molecule has 1 N–H and O–H groups in total. The minimum Gasteiger partial charge on any atom is -0.358 e. The summed E-state index contributed by atoms with van der Waals surface area (Å²) in [6.45, 7) is 4.03. The average Bonchev–Trinajstić information content (AvgIpc) is 2.93. The summed E-state index contributed by atoms with van der Waals surface area (Å²) >= 11 is 10.2. The van der Waals surface area contributed by atoms with E-state index in [1.165, 1.54) is 24.6 Å². The molecule has 6 heteroatoms. The molecule has 0 spiro atoms. The standard InChI is InChI=1S/C14H17BrN2OS2/c1-10-8-11(15)4-5-12(10)16-13(18)9-20-14(19)17-6-2-3-7-17/h4-5,8H,2-3,6-7,9H2,1H3,(H,16,18). The van der Waals surface area contributed by atoms with Crippen molar-refractivity contribution in [2.45, 2.75) is 19.8 Å². The van der Waals surface area contributed by atoms with Crippen LogP contribution in [0.25, 0.3) is 0 Å². The Labute approximate surface area is 137 Å². The highest BCUT2D eigenvalue weighted by molar-refractivity contribution is 9.10. The first-order valence-corrected chi connectivity index (χ1v) is 8.72. The second-order valence-corrected chi connectivity index (χ2v) is 7.28. The summed E-state index contributed by atoms with van der Waals surface area (Å²) in [5.74, 6) is 0.354. The van der Waals surface area contributed by atoms with E-state index in [-0.39, 0.29) is 5.91 Å². The van der Waals surface area contributed by atoms with Crippen molar-refractivity contribution in [3.8, 4) is 0 Å². The lowest BCUT2D eigenvalue weighted by Crippen LogP contribution is -2.25. The number of likely N-dealkylation sites (tertiary alicyclic amines) is 1. The molecule has 0 unspecified atom stereocenters. The predicted octanol–water partition coefficient (Wildman–Crippen LogP) is 3.81. The number of nitrogens with zero attached hydrogens (tertiary/aromatic N) is 1. The van der Waals surface area contributed by atoms with Crippen LogP contribution in [0.4, 0.5) is 5.69 Å². The number of hydrogen-bond donors (Lipinski definition) is 1. The van der Waals surface area contributed by atoms with E-state index in [2.05, 4.69) is 26.1 Å². The van der Waals surface area contributed by atoms with E-state index >= 15 is 0 Å². The van der Waals surface area contributed by atoms with Gasteiger partial charge in [-0.15, -0.1) is 0 Å². The van der Waals surface area contributed by atoms with Crippen molar-refractivity contribution in [3.63, 3.8) is 0 Å². The van der Waals surface area contributed by atoms with Crippen LogP contribution in [0.15, 0.2) is 22.7 Å². The van der Waals surface area contributed by atoms with Crippen LogP contribution in [-0.4, -0.2) is 34.0 Å². The zero-order valence-corrected chi connectivity index (χ0v) is 14.5. The van der Waals surface area contributed by atoms with Crippen LogP contribution in [0.1, 0.15) is 18.4 Å². The number of nitrogens with one attached hydrogen (secondary N) is 1. The van der Waals surface area contributed by atoms with Gasteiger partial charge in [-0.05, 0) is 43.5 Å². The fourth-order valence-electron chi connectivity index (χ4n) is 2.07. The highest BCUT2D eigenvalue weighted by atomic mass is 79.9. The second kappa shape index (κ2) is 7.43. The summed E-state index contributed by atoms with van der Waals surface area (Å²) in [5, 5.41) is 2.92. The molecular formula is C14H17BrN2OS2. The van der Waals surface area contributed by atoms with Crippen LogP contribution < -0.4 is 5.32 Å². The molecule has 1 aliphatic rings. The number of hydrogen-bond acceptors (Lipinski definition) is 3. The van der Waals surface area contributed by atoms with Gasteiger partial charge in [-0.3, -0.25) is 4.79 Å². The third-order valence-corrected chi connectivity index (χ3v) is 5.17. The third kappa shape index (κ3) is 4.46. The van der Waals surface area contributed by atoms with E-state index in [4.69, 9.17) is 12.2 Å². The van der Waals surface area contributed by atoms with Crippen LogP contribution in [0.3, 0.4) is 0 Å². The largest absolute Gasteiger partial charge is 0.358 e. The fraction of sp³-hybridized carbons (Fsp3) is 0.429. The number of anilines is 1. The molecular weight excluding hydrogens is 356 g/mol. The van der Waals surface area contributed by atoms with Crippen molar-refractivity contribution in [1.82, 2.24) is 4.90 Å². The Bertz CT molecular complexity index is 516. The fourth-order valence-corrected chi connectivity index (χ4v) is 3.60. The first-order chi connectivity index (χ1) is 9.56. The van der Waals surface area contributed by atoms with Crippen molar-refractivity contribution in [3.05, 3.63) is 28.2 Å². The minimum atomic E-state index is -0.0121. The number of amides is 1. The van der Waals surface area contributed by atoms with Gasteiger partial charge in [-0.1, -0.05) is 39.9 Å². The molecule has 0 atom stereocenters. The van der Waals surface area contributed by atoms with E-state index in [1.54, 1.807) is 0 Å². The topological polar surface area (TPSA) is 32.3 Å². The SMILES string of the molecule is Cc1cc(Br)ccc1NC(=O)CSC(=S)N1CCCC1. The number of benzene rings is 1. The molecule has 108 valence electrons. The summed E-state index contributed by atoms with van der Waals surface area (Å²) in [6.07, 6.45) is 2.40. The number of carbonyl (C=O) groups is 1. The van der Waals surface area contributed by atoms with Gasteiger partial charge in [0.25, 0.3) is 0 Å². The monoisotopic (exact) mass is 372 g/mol. The molecule has 0 saturated carbocycles. The molecule has 1 aromatic rings. The van der Waals surface area contributed by atoms with E-state index < -0.39 is 0 Å². The molecule has 20 heavy (non-hydrogen) atoms. The van der Waals surface area contributed by atoms with Crippen LogP contribution in [0.2, 0.25) is 0 Å². The summed E-state index contributed by atoms with van der Waals surface area (Å²) in [6, 6.07) is 5.81. The van der Waals surface area contributed by atoms with Crippen LogP contribution in [0.5, 0.6) is 0 Å². The number of aryl methyl sites for hydroxylation is 1. The third-order valence-electron chi connectivity index (χ3n) is 3.15. The van der Waals surface area contributed by atoms with Gasteiger partial charge < -0.3 is 10.2 Å². The molecule has 0 bridgehead atoms. The molecule has 2 rings (SSSR count). The molecule has 1 heterocycles. The molecule has 1 fully saturated rings. The molecule has 0 radical (unpaired) electrons. The van der Waals surface area contributed by atoms with E-state index in [1.807, 2.05) is 25.1 Å². The van der Waals surface area contributed by atoms with Crippen molar-refractivity contribution in [2.24, 2.45) is 0 Å². The van der Waals surface area contributed by atoms with Crippen LogP contribution in [0, 0.1) is 6.92 Å². The van der Waals surface area contributed by atoms with Gasteiger partial charge in [0.1, 0.15) is 4.32 Å². The predicted molar refractivity (Wildman–Crippen MR) is 93.4 cm³/mol. The van der Waals surface area contributed by atoms with E-state index in [9.17, 15) is 4.79 Å². The molecule has 1 aromatic carbocycles. The Morgan fingerprint density at radius 2 is 2.15 bits per heavy atom. The molecule has 0 aromatic heterocycles. The van der Waals surface area contributed by atoms with Gasteiger partial charge in [0.15, 0.2) is 0 Å². The Hall–Kier alpha value is -0.590. The summed E-state index contributed by atoms with van der Waals surface area (Å²) in [7, 11) is 0. The Kier molecular flexibility index (Phi) is 5.86. The molecule has 1 saturated heterocycles. The highest BCUT2D eigenvalue weighted by Gasteiger charge is 2.16. The molecule has 1 aliphatic heterocycles. The number of carbonyl (C=O) groups excluding carboxylic acids is 1. The zero-order chi connectivity index (χ0) is 14.5.